The van der Waals surface area contributed by atoms with Crippen molar-refractivity contribution in [3.8, 4) is 0 Å². The molecule has 6 heteroatoms. The molecule has 0 saturated heterocycles. The van der Waals surface area contributed by atoms with Crippen LogP contribution >= 0.6 is 11.8 Å². The highest BCUT2D eigenvalue weighted by Crippen LogP contribution is 2.29. The van der Waals surface area contributed by atoms with Gasteiger partial charge in [0, 0.05) is 19.0 Å². The largest absolute Gasteiger partial charge is 0.326 e. The van der Waals surface area contributed by atoms with E-state index in [2.05, 4.69) is 21.1 Å². The fourth-order valence-electron chi connectivity index (χ4n) is 1.84. The standard InChI is InChI=1S/C13H13N5S/c1-18-13(15-8-16-18)19-12-10(7-14)6-9-4-2-3-5-11(9)17-12/h2-6,8H,7,14H2,1H3. The van der Waals surface area contributed by atoms with E-state index in [4.69, 9.17) is 5.73 Å². The highest BCUT2D eigenvalue weighted by molar-refractivity contribution is 7.99. The van der Waals surface area contributed by atoms with E-state index in [1.54, 1.807) is 4.68 Å². The third-order valence-electron chi connectivity index (χ3n) is 2.84. The SMILES string of the molecule is Cn1ncnc1Sc1nc2ccccc2cc1CN. The van der Waals surface area contributed by atoms with Crippen LogP contribution in [0.2, 0.25) is 0 Å². The lowest BCUT2D eigenvalue weighted by Gasteiger charge is -2.08. The average molecular weight is 271 g/mol. The molecule has 2 N–H and O–H groups in total. The van der Waals surface area contributed by atoms with E-state index in [-0.39, 0.29) is 0 Å². The molecule has 0 spiro atoms. The van der Waals surface area contributed by atoms with E-state index < -0.39 is 0 Å². The molecular formula is C13H13N5S. The van der Waals surface area contributed by atoms with Gasteiger partial charge in [0.25, 0.3) is 0 Å². The lowest BCUT2D eigenvalue weighted by atomic mass is 10.1. The number of aryl methyl sites for hydroxylation is 1. The Kier molecular flexibility index (Phi) is 3.18. The van der Waals surface area contributed by atoms with Crippen molar-refractivity contribution in [2.45, 2.75) is 16.7 Å². The average Bonchev–Trinajstić information content (AvgIpc) is 2.83. The van der Waals surface area contributed by atoms with Crippen LogP contribution in [0.15, 0.2) is 46.8 Å². The first-order valence-electron chi connectivity index (χ1n) is 5.88. The number of benzene rings is 1. The molecule has 2 heterocycles. The number of pyridine rings is 1. The van der Waals surface area contributed by atoms with Gasteiger partial charge < -0.3 is 5.73 Å². The summed E-state index contributed by atoms with van der Waals surface area (Å²) in [5.74, 6) is 0. The van der Waals surface area contributed by atoms with Gasteiger partial charge in [0.05, 0.1) is 5.52 Å². The zero-order valence-electron chi connectivity index (χ0n) is 10.4. The van der Waals surface area contributed by atoms with Crippen LogP contribution in [-0.4, -0.2) is 19.7 Å². The topological polar surface area (TPSA) is 69.6 Å². The van der Waals surface area contributed by atoms with Crippen LogP contribution in [0.3, 0.4) is 0 Å². The molecule has 0 saturated carbocycles. The number of para-hydroxylation sites is 1. The van der Waals surface area contributed by atoms with Crippen molar-refractivity contribution in [2.75, 3.05) is 0 Å². The van der Waals surface area contributed by atoms with Gasteiger partial charge in [0.1, 0.15) is 11.4 Å². The predicted octanol–water partition coefficient (Wildman–Crippen LogP) is 1.97. The maximum absolute atomic E-state index is 5.81. The van der Waals surface area contributed by atoms with E-state index in [9.17, 15) is 0 Å². The second-order valence-electron chi connectivity index (χ2n) is 4.12. The van der Waals surface area contributed by atoms with Gasteiger partial charge in [0.2, 0.25) is 0 Å². The first-order valence-corrected chi connectivity index (χ1v) is 6.70. The fourth-order valence-corrected chi connectivity index (χ4v) is 2.71. The molecule has 3 rings (SSSR count). The number of fused-ring (bicyclic) bond motifs is 1. The van der Waals surface area contributed by atoms with E-state index >= 15 is 0 Å². The van der Waals surface area contributed by atoms with Gasteiger partial charge in [-0.15, -0.1) is 0 Å². The predicted molar refractivity (Wildman–Crippen MR) is 74.8 cm³/mol. The third-order valence-corrected chi connectivity index (χ3v) is 3.94. The van der Waals surface area contributed by atoms with E-state index in [0.29, 0.717) is 6.54 Å². The molecule has 0 aliphatic carbocycles. The van der Waals surface area contributed by atoms with Crippen LogP contribution in [0.1, 0.15) is 5.56 Å². The number of rotatable bonds is 3. The summed E-state index contributed by atoms with van der Waals surface area (Å²) >= 11 is 1.49. The Morgan fingerprint density at radius 3 is 2.89 bits per heavy atom. The molecule has 0 aliphatic rings. The van der Waals surface area contributed by atoms with Gasteiger partial charge in [-0.1, -0.05) is 18.2 Å². The summed E-state index contributed by atoms with van der Waals surface area (Å²) < 4.78 is 1.72. The molecule has 0 fully saturated rings. The van der Waals surface area contributed by atoms with E-state index in [0.717, 1.165) is 26.6 Å². The molecule has 2 aromatic heterocycles. The number of hydrogen-bond donors (Lipinski definition) is 1. The Balaban J connectivity index is 2.09. The summed E-state index contributed by atoms with van der Waals surface area (Å²) in [4.78, 5) is 8.86. The maximum Gasteiger partial charge on any atom is 0.192 e. The Bertz CT molecular complexity index is 722. The summed E-state index contributed by atoms with van der Waals surface area (Å²) in [5, 5.41) is 6.85. The summed E-state index contributed by atoms with van der Waals surface area (Å²) in [7, 11) is 1.86. The molecule has 5 nitrogen and oxygen atoms in total. The molecule has 0 atom stereocenters. The van der Waals surface area contributed by atoms with Crippen LogP contribution in [0.4, 0.5) is 0 Å². The Morgan fingerprint density at radius 2 is 2.16 bits per heavy atom. The van der Waals surface area contributed by atoms with Gasteiger partial charge >= 0.3 is 0 Å². The zero-order valence-corrected chi connectivity index (χ0v) is 11.3. The van der Waals surface area contributed by atoms with Crippen LogP contribution in [0, 0.1) is 0 Å². The molecule has 0 aliphatic heterocycles. The van der Waals surface area contributed by atoms with Crippen molar-refractivity contribution >= 4 is 22.7 Å². The summed E-state index contributed by atoms with van der Waals surface area (Å²) in [6.07, 6.45) is 1.53. The minimum atomic E-state index is 0.456. The van der Waals surface area contributed by atoms with E-state index in [1.165, 1.54) is 18.1 Å². The normalized spacial score (nSPS) is 11.1. The van der Waals surface area contributed by atoms with Crippen molar-refractivity contribution < 1.29 is 0 Å². The van der Waals surface area contributed by atoms with Gasteiger partial charge in [-0.3, -0.25) is 0 Å². The van der Waals surface area contributed by atoms with Gasteiger partial charge in [-0.25, -0.2) is 14.6 Å². The van der Waals surface area contributed by atoms with Gasteiger partial charge in [0.15, 0.2) is 5.16 Å². The molecule has 0 unspecified atom stereocenters. The van der Waals surface area contributed by atoms with Crippen LogP contribution in [0.25, 0.3) is 10.9 Å². The van der Waals surface area contributed by atoms with Gasteiger partial charge in [-0.2, -0.15) is 5.10 Å². The van der Waals surface area contributed by atoms with Crippen molar-refractivity contribution in [1.82, 2.24) is 19.7 Å². The molecule has 3 aromatic rings. The lowest BCUT2D eigenvalue weighted by molar-refractivity contribution is 0.684. The van der Waals surface area contributed by atoms with Gasteiger partial charge in [-0.05, 0) is 29.5 Å². The third kappa shape index (κ3) is 2.32. The number of hydrogen-bond acceptors (Lipinski definition) is 5. The molecule has 0 amide bonds. The Labute approximate surface area is 114 Å². The summed E-state index contributed by atoms with van der Waals surface area (Å²) in [6.45, 7) is 0.456. The van der Waals surface area contributed by atoms with Crippen LogP contribution in [0.5, 0.6) is 0 Å². The quantitative estimate of drug-likeness (QED) is 0.788. The summed E-state index contributed by atoms with van der Waals surface area (Å²) in [6, 6.07) is 10.1. The summed E-state index contributed by atoms with van der Waals surface area (Å²) in [5.41, 5.74) is 7.79. The Hall–Kier alpha value is -1.92. The molecular weight excluding hydrogens is 258 g/mol. The lowest BCUT2D eigenvalue weighted by Crippen LogP contribution is -2.02. The zero-order chi connectivity index (χ0) is 13.2. The Morgan fingerprint density at radius 1 is 1.32 bits per heavy atom. The minimum absolute atomic E-state index is 0.456. The molecule has 0 radical (unpaired) electrons. The molecule has 1 aromatic carbocycles. The van der Waals surface area contributed by atoms with Crippen molar-refractivity contribution in [2.24, 2.45) is 12.8 Å². The van der Waals surface area contributed by atoms with Crippen molar-refractivity contribution in [3.63, 3.8) is 0 Å². The smallest absolute Gasteiger partial charge is 0.192 e. The second kappa shape index (κ2) is 4.99. The number of nitrogens with two attached hydrogens (primary N) is 1. The maximum atomic E-state index is 5.81. The highest BCUT2D eigenvalue weighted by Gasteiger charge is 2.10. The molecule has 0 bridgehead atoms. The van der Waals surface area contributed by atoms with Crippen molar-refractivity contribution in [1.29, 1.82) is 0 Å². The first kappa shape index (κ1) is 12.1. The van der Waals surface area contributed by atoms with E-state index in [1.807, 2.05) is 31.3 Å². The second-order valence-corrected chi connectivity index (χ2v) is 5.07. The number of aromatic nitrogens is 4. The number of nitrogens with zero attached hydrogens (tertiary/aromatic N) is 4. The minimum Gasteiger partial charge on any atom is -0.326 e. The fraction of sp³-hybridized carbons (Fsp3) is 0.154. The molecule has 96 valence electrons. The molecule has 19 heavy (non-hydrogen) atoms. The highest BCUT2D eigenvalue weighted by atomic mass is 32.2. The monoisotopic (exact) mass is 271 g/mol. The van der Waals surface area contributed by atoms with Crippen molar-refractivity contribution in [3.05, 3.63) is 42.2 Å². The van der Waals surface area contributed by atoms with Crippen LogP contribution < -0.4 is 5.73 Å². The first-order chi connectivity index (χ1) is 9.28. The van der Waals surface area contributed by atoms with Crippen LogP contribution in [-0.2, 0) is 13.6 Å².